The summed E-state index contributed by atoms with van der Waals surface area (Å²) in [6, 6.07) is 14.1. The molecule has 2 aromatic carbocycles. The van der Waals surface area contributed by atoms with Crippen molar-refractivity contribution in [2.24, 2.45) is 0 Å². The molecule has 0 atom stereocenters. The van der Waals surface area contributed by atoms with E-state index in [9.17, 15) is 9.90 Å². The third kappa shape index (κ3) is 3.25. The molecular weight excluding hydrogens is 240 g/mol. The quantitative estimate of drug-likeness (QED) is 0.787. The van der Waals surface area contributed by atoms with Gasteiger partial charge in [-0.3, -0.25) is 4.79 Å². The van der Waals surface area contributed by atoms with E-state index in [0.717, 1.165) is 11.3 Å². The van der Waals surface area contributed by atoms with Crippen LogP contribution in [0.25, 0.3) is 0 Å². The highest BCUT2D eigenvalue weighted by Gasteiger charge is 2.09. The number of anilines is 1. The molecule has 2 rings (SSSR count). The van der Waals surface area contributed by atoms with E-state index >= 15 is 0 Å². The minimum absolute atomic E-state index is 0.127. The minimum atomic E-state index is -0.127. The maximum atomic E-state index is 12.1. The molecule has 0 spiro atoms. The molecule has 2 aromatic rings. The number of nitrogens with one attached hydrogen (secondary N) is 2. The van der Waals surface area contributed by atoms with Crippen molar-refractivity contribution in [3.05, 3.63) is 59.7 Å². The number of carbonyl (C=O) groups is 1. The molecule has 0 aliphatic rings. The average molecular weight is 256 g/mol. The number of amides is 1. The van der Waals surface area contributed by atoms with Gasteiger partial charge in [-0.25, -0.2) is 0 Å². The number of hydrogen-bond acceptors (Lipinski definition) is 3. The summed E-state index contributed by atoms with van der Waals surface area (Å²) in [4.78, 5) is 12.1. The van der Waals surface area contributed by atoms with Gasteiger partial charge in [0.2, 0.25) is 0 Å². The molecule has 0 aliphatic carbocycles. The van der Waals surface area contributed by atoms with E-state index in [2.05, 4.69) is 10.6 Å². The number of carbonyl (C=O) groups excluding carboxylic acids is 1. The highest BCUT2D eigenvalue weighted by atomic mass is 16.3. The molecule has 1 amide bonds. The van der Waals surface area contributed by atoms with Gasteiger partial charge < -0.3 is 15.7 Å². The predicted molar refractivity (Wildman–Crippen MR) is 75.3 cm³/mol. The first-order valence-electron chi connectivity index (χ1n) is 6.03. The van der Waals surface area contributed by atoms with Gasteiger partial charge in [0.05, 0.1) is 5.56 Å². The van der Waals surface area contributed by atoms with E-state index in [-0.39, 0.29) is 11.7 Å². The standard InChI is InChI=1S/C15H16N2O2/c1-16-14-5-3-2-4-13(14)15(19)17-10-11-6-8-12(18)9-7-11/h2-9,16,18H,10H2,1H3,(H,17,19). The first-order valence-corrected chi connectivity index (χ1v) is 6.03. The molecule has 0 unspecified atom stereocenters. The van der Waals surface area contributed by atoms with Gasteiger partial charge in [0.15, 0.2) is 0 Å². The van der Waals surface area contributed by atoms with Crippen LogP contribution in [0.15, 0.2) is 48.5 Å². The van der Waals surface area contributed by atoms with E-state index in [1.165, 1.54) is 0 Å². The molecule has 19 heavy (non-hydrogen) atoms. The highest BCUT2D eigenvalue weighted by molar-refractivity contribution is 5.99. The molecule has 0 heterocycles. The zero-order valence-corrected chi connectivity index (χ0v) is 10.7. The molecule has 98 valence electrons. The lowest BCUT2D eigenvalue weighted by Gasteiger charge is -2.09. The van der Waals surface area contributed by atoms with Crippen molar-refractivity contribution >= 4 is 11.6 Å². The lowest BCUT2D eigenvalue weighted by molar-refractivity contribution is 0.0951. The molecule has 3 N–H and O–H groups in total. The zero-order chi connectivity index (χ0) is 13.7. The number of phenols is 1. The smallest absolute Gasteiger partial charge is 0.253 e. The lowest BCUT2D eigenvalue weighted by atomic mass is 10.1. The Balaban J connectivity index is 2.03. The SMILES string of the molecule is CNc1ccccc1C(=O)NCc1ccc(O)cc1. The summed E-state index contributed by atoms with van der Waals surface area (Å²) in [5, 5.41) is 15.0. The van der Waals surface area contributed by atoms with Crippen molar-refractivity contribution in [2.45, 2.75) is 6.54 Å². The molecule has 0 radical (unpaired) electrons. The van der Waals surface area contributed by atoms with Crippen molar-refractivity contribution in [3.63, 3.8) is 0 Å². The summed E-state index contributed by atoms with van der Waals surface area (Å²) in [6.45, 7) is 0.428. The van der Waals surface area contributed by atoms with Crippen LogP contribution in [-0.2, 0) is 6.54 Å². The molecule has 0 aromatic heterocycles. The third-order valence-corrected chi connectivity index (χ3v) is 2.83. The summed E-state index contributed by atoms with van der Waals surface area (Å²) >= 11 is 0. The van der Waals surface area contributed by atoms with Crippen molar-refractivity contribution in [1.29, 1.82) is 0 Å². The number of phenolic OH excluding ortho intramolecular Hbond substituents is 1. The Bertz CT molecular complexity index is 565. The van der Waals surface area contributed by atoms with Gasteiger partial charge in [0, 0.05) is 19.3 Å². The summed E-state index contributed by atoms with van der Waals surface area (Å²) in [5.41, 5.74) is 2.35. The maximum absolute atomic E-state index is 12.1. The van der Waals surface area contributed by atoms with Crippen LogP contribution >= 0.6 is 0 Å². The monoisotopic (exact) mass is 256 g/mol. The molecule has 0 bridgehead atoms. The second-order valence-electron chi connectivity index (χ2n) is 4.14. The van der Waals surface area contributed by atoms with Crippen LogP contribution in [0, 0.1) is 0 Å². The minimum Gasteiger partial charge on any atom is -0.508 e. The van der Waals surface area contributed by atoms with Crippen LogP contribution in [0.1, 0.15) is 15.9 Å². The Kier molecular flexibility index (Phi) is 4.03. The fraction of sp³-hybridized carbons (Fsp3) is 0.133. The van der Waals surface area contributed by atoms with E-state index in [1.807, 2.05) is 18.2 Å². The zero-order valence-electron chi connectivity index (χ0n) is 10.7. The second-order valence-corrected chi connectivity index (χ2v) is 4.14. The third-order valence-electron chi connectivity index (χ3n) is 2.83. The number of aromatic hydroxyl groups is 1. The van der Waals surface area contributed by atoms with Crippen molar-refractivity contribution in [3.8, 4) is 5.75 Å². The summed E-state index contributed by atoms with van der Waals surface area (Å²) in [5.74, 6) is 0.0913. The Morgan fingerprint density at radius 2 is 1.79 bits per heavy atom. The van der Waals surface area contributed by atoms with Crippen LogP contribution in [-0.4, -0.2) is 18.1 Å². The largest absolute Gasteiger partial charge is 0.508 e. The van der Waals surface area contributed by atoms with Gasteiger partial charge in [-0.1, -0.05) is 24.3 Å². The molecule has 0 fully saturated rings. The van der Waals surface area contributed by atoms with Crippen molar-refractivity contribution in [2.75, 3.05) is 12.4 Å². The van der Waals surface area contributed by atoms with Crippen molar-refractivity contribution in [1.82, 2.24) is 5.32 Å². The summed E-state index contributed by atoms with van der Waals surface area (Å²) < 4.78 is 0. The normalized spacial score (nSPS) is 9.95. The van der Waals surface area contributed by atoms with Gasteiger partial charge in [0.25, 0.3) is 5.91 Å². The topological polar surface area (TPSA) is 61.4 Å². The number of rotatable bonds is 4. The van der Waals surface area contributed by atoms with Gasteiger partial charge in [0.1, 0.15) is 5.75 Å². The Morgan fingerprint density at radius 3 is 2.47 bits per heavy atom. The number of hydrogen-bond donors (Lipinski definition) is 3. The van der Waals surface area contributed by atoms with E-state index in [4.69, 9.17) is 0 Å². The van der Waals surface area contributed by atoms with Gasteiger partial charge >= 0.3 is 0 Å². The van der Waals surface area contributed by atoms with Gasteiger partial charge in [-0.2, -0.15) is 0 Å². The Labute approximate surface area is 112 Å². The van der Waals surface area contributed by atoms with Crippen molar-refractivity contribution < 1.29 is 9.90 Å². The Morgan fingerprint density at radius 1 is 1.11 bits per heavy atom. The molecular formula is C15H16N2O2. The fourth-order valence-electron chi connectivity index (χ4n) is 1.79. The number of benzene rings is 2. The lowest BCUT2D eigenvalue weighted by Crippen LogP contribution is -2.23. The van der Waals surface area contributed by atoms with Gasteiger partial charge in [-0.15, -0.1) is 0 Å². The Hall–Kier alpha value is -2.49. The summed E-state index contributed by atoms with van der Waals surface area (Å²) in [6.07, 6.45) is 0. The van der Waals surface area contributed by atoms with E-state index in [1.54, 1.807) is 37.4 Å². The van der Waals surface area contributed by atoms with Gasteiger partial charge in [-0.05, 0) is 29.8 Å². The molecule has 4 nitrogen and oxygen atoms in total. The average Bonchev–Trinajstić information content (AvgIpc) is 2.46. The predicted octanol–water partition coefficient (Wildman–Crippen LogP) is 2.36. The molecule has 4 heteroatoms. The first-order chi connectivity index (χ1) is 9.20. The van der Waals surface area contributed by atoms with E-state index in [0.29, 0.717) is 12.1 Å². The van der Waals surface area contributed by atoms with E-state index < -0.39 is 0 Å². The van der Waals surface area contributed by atoms with Crippen LogP contribution in [0.4, 0.5) is 5.69 Å². The first kappa shape index (κ1) is 13.0. The van der Waals surface area contributed by atoms with Crippen LogP contribution in [0.3, 0.4) is 0 Å². The molecule has 0 saturated carbocycles. The van der Waals surface area contributed by atoms with Crippen LogP contribution in [0.2, 0.25) is 0 Å². The second kappa shape index (κ2) is 5.91. The molecule has 0 saturated heterocycles. The number of para-hydroxylation sites is 1. The molecule has 0 aliphatic heterocycles. The van der Waals surface area contributed by atoms with Crippen LogP contribution < -0.4 is 10.6 Å². The fourth-order valence-corrected chi connectivity index (χ4v) is 1.79. The highest BCUT2D eigenvalue weighted by Crippen LogP contribution is 2.14. The van der Waals surface area contributed by atoms with Crippen LogP contribution in [0.5, 0.6) is 5.75 Å². The maximum Gasteiger partial charge on any atom is 0.253 e. The summed E-state index contributed by atoms with van der Waals surface area (Å²) in [7, 11) is 1.78.